The highest BCUT2D eigenvalue weighted by atomic mass is 127. The second kappa shape index (κ2) is 5.46. The number of rotatable bonds is 2. The first-order chi connectivity index (χ1) is 8.16. The zero-order valence-corrected chi connectivity index (χ0v) is 11.6. The Bertz CT molecular complexity index is 545. The van der Waals surface area contributed by atoms with Crippen LogP contribution in [-0.2, 0) is 0 Å². The van der Waals surface area contributed by atoms with Crippen LogP contribution >= 0.6 is 34.2 Å². The normalized spacial score (nSPS) is 10.0. The van der Waals surface area contributed by atoms with Gasteiger partial charge in [-0.05, 0) is 52.9 Å². The molecule has 1 aromatic heterocycles. The van der Waals surface area contributed by atoms with E-state index in [1.807, 2.05) is 0 Å². The lowest BCUT2D eigenvalue weighted by atomic mass is 10.2. The number of nitrogens with one attached hydrogen (secondary N) is 1. The zero-order chi connectivity index (χ0) is 12.3. The van der Waals surface area contributed by atoms with Gasteiger partial charge in [0, 0.05) is 15.3 Å². The maximum atomic E-state index is 11.9. The van der Waals surface area contributed by atoms with Crippen LogP contribution in [0, 0.1) is 3.57 Å². The van der Waals surface area contributed by atoms with Gasteiger partial charge in [-0.1, -0.05) is 11.6 Å². The topological polar surface area (TPSA) is 42.0 Å². The highest BCUT2D eigenvalue weighted by molar-refractivity contribution is 14.1. The summed E-state index contributed by atoms with van der Waals surface area (Å²) in [4.78, 5) is 15.8. The summed E-state index contributed by atoms with van der Waals surface area (Å²) in [7, 11) is 0. The van der Waals surface area contributed by atoms with Gasteiger partial charge in [-0.25, -0.2) is 0 Å². The molecule has 0 saturated carbocycles. The van der Waals surface area contributed by atoms with Crippen LogP contribution in [0.4, 0.5) is 5.69 Å². The molecule has 2 aromatic rings. The van der Waals surface area contributed by atoms with E-state index in [4.69, 9.17) is 11.6 Å². The molecule has 0 saturated heterocycles. The molecule has 0 unspecified atom stereocenters. The summed E-state index contributed by atoms with van der Waals surface area (Å²) in [6, 6.07) is 8.69. The lowest BCUT2D eigenvalue weighted by molar-refractivity contribution is 0.102. The van der Waals surface area contributed by atoms with Crippen molar-refractivity contribution in [1.82, 2.24) is 4.98 Å². The highest BCUT2D eigenvalue weighted by Crippen LogP contribution is 2.20. The fraction of sp³-hybridized carbons (Fsp3) is 0. The molecule has 0 aliphatic rings. The van der Waals surface area contributed by atoms with Crippen LogP contribution in [0.15, 0.2) is 42.7 Å². The van der Waals surface area contributed by atoms with E-state index in [1.165, 1.54) is 0 Å². The third-order valence-corrected chi connectivity index (χ3v) is 3.64. The van der Waals surface area contributed by atoms with Crippen LogP contribution < -0.4 is 5.32 Å². The number of carbonyl (C=O) groups is 1. The minimum absolute atomic E-state index is 0.174. The maximum absolute atomic E-state index is 11.9. The second-order valence-electron chi connectivity index (χ2n) is 3.32. The van der Waals surface area contributed by atoms with Crippen molar-refractivity contribution in [3.63, 3.8) is 0 Å². The van der Waals surface area contributed by atoms with E-state index in [0.717, 1.165) is 3.57 Å². The summed E-state index contributed by atoms with van der Waals surface area (Å²) in [5.41, 5.74) is 1.24. The molecule has 1 amide bonds. The van der Waals surface area contributed by atoms with Crippen LogP contribution in [0.3, 0.4) is 0 Å². The smallest absolute Gasteiger partial charge is 0.255 e. The average molecular weight is 359 g/mol. The lowest BCUT2D eigenvalue weighted by Gasteiger charge is -2.05. The molecule has 17 heavy (non-hydrogen) atoms. The largest absolute Gasteiger partial charge is 0.321 e. The Kier molecular flexibility index (Phi) is 3.96. The van der Waals surface area contributed by atoms with Crippen molar-refractivity contribution in [3.8, 4) is 0 Å². The predicted molar refractivity (Wildman–Crippen MR) is 76.4 cm³/mol. The van der Waals surface area contributed by atoms with E-state index in [9.17, 15) is 4.79 Å². The molecule has 1 N–H and O–H groups in total. The number of pyridine rings is 1. The molecule has 0 atom stereocenters. The third-order valence-electron chi connectivity index (χ3n) is 2.10. The van der Waals surface area contributed by atoms with Crippen LogP contribution in [0.2, 0.25) is 5.02 Å². The van der Waals surface area contributed by atoms with Crippen molar-refractivity contribution in [1.29, 1.82) is 0 Å². The summed E-state index contributed by atoms with van der Waals surface area (Å²) in [5.74, 6) is -0.174. The fourth-order valence-electron chi connectivity index (χ4n) is 1.28. The van der Waals surface area contributed by atoms with Crippen molar-refractivity contribution in [2.24, 2.45) is 0 Å². The molecule has 3 nitrogen and oxygen atoms in total. The maximum Gasteiger partial charge on any atom is 0.255 e. The van der Waals surface area contributed by atoms with Gasteiger partial charge in [0.05, 0.1) is 16.9 Å². The molecule has 5 heteroatoms. The number of hydrogen-bond donors (Lipinski definition) is 1. The molecule has 1 heterocycles. The Morgan fingerprint density at radius 1 is 1.35 bits per heavy atom. The highest BCUT2D eigenvalue weighted by Gasteiger charge is 2.07. The zero-order valence-electron chi connectivity index (χ0n) is 8.65. The first kappa shape index (κ1) is 12.3. The Morgan fingerprint density at radius 3 is 2.82 bits per heavy atom. The number of nitrogens with zero attached hydrogens (tertiary/aromatic N) is 1. The number of aromatic nitrogens is 1. The number of amides is 1. The molecule has 0 radical (unpaired) electrons. The third kappa shape index (κ3) is 3.17. The lowest BCUT2D eigenvalue weighted by Crippen LogP contribution is -2.12. The van der Waals surface area contributed by atoms with Crippen molar-refractivity contribution in [2.75, 3.05) is 5.32 Å². The van der Waals surface area contributed by atoms with Gasteiger partial charge >= 0.3 is 0 Å². The molecule has 1 aromatic carbocycles. The van der Waals surface area contributed by atoms with E-state index in [1.54, 1.807) is 42.7 Å². The van der Waals surface area contributed by atoms with Gasteiger partial charge in [-0.15, -0.1) is 0 Å². The summed E-state index contributed by atoms with van der Waals surface area (Å²) in [6.45, 7) is 0. The minimum Gasteiger partial charge on any atom is -0.321 e. The Balaban J connectivity index is 2.18. The van der Waals surface area contributed by atoms with Crippen LogP contribution in [0.25, 0.3) is 0 Å². The predicted octanol–water partition coefficient (Wildman–Crippen LogP) is 3.59. The first-order valence-electron chi connectivity index (χ1n) is 4.83. The molecule has 0 bridgehead atoms. The summed E-state index contributed by atoms with van der Waals surface area (Å²) >= 11 is 7.99. The Labute approximate surface area is 117 Å². The summed E-state index contributed by atoms with van der Waals surface area (Å²) < 4.78 is 0.850. The van der Waals surface area contributed by atoms with Crippen LogP contribution in [-0.4, -0.2) is 10.9 Å². The van der Waals surface area contributed by atoms with Crippen molar-refractivity contribution in [2.45, 2.75) is 0 Å². The van der Waals surface area contributed by atoms with E-state index >= 15 is 0 Å². The molecule has 86 valence electrons. The number of carbonyl (C=O) groups excluding carboxylic acids is 1. The summed E-state index contributed by atoms with van der Waals surface area (Å²) in [6.07, 6.45) is 3.25. The number of benzene rings is 1. The van der Waals surface area contributed by atoms with Gasteiger partial charge in [0.2, 0.25) is 0 Å². The molecular weight excluding hydrogens is 351 g/mol. The van der Waals surface area contributed by atoms with E-state index in [0.29, 0.717) is 16.3 Å². The molecule has 0 spiro atoms. The molecule has 0 aliphatic heterocycles. The average Bonchev–Trinajstić information content (AvgIpc) is 2.34. The van der Waals surface area contributed by atoms with Crippen molar-refractivity contribution >= 4 is 45.8 Å². The minimum atomic E-state index is -0.174. The van der Waals surface area contributed by atoms with Crippen molar-refractivity contribution in [3.05, 3.63) is 56.9 Å². The summed E-state index contributed by atoms with van der Waals surface area (Å²) in [5, 5.41) is 3.40. The Morgan fingerprint density at radius 2 is 2.18 bits per heavy atom. The van der Waals surface area contributed by atoms with Gasteiger partial charge in [0.25, 0.3) is 5.91 Å². The number of hydrogen-bond acceptors (Lipinski definition) is 2. The molecule has 0 fully saturated rings. The Hall–Kier alpha value is -1.14. The molecule has 2 rings (SSSR count). The van der Waals surface area contributed by atoms with Gasteiger partial charge in [0.15, 0.2) is 0 Å². The standard InChI is InChI=1S/C12H8ClIN2O/c13-10-4-3-8(6-11(10)14)12(17)16-9-2-1-5-15-7-9/h1-7H,(H,16,17). The van der Waals surface area contributed by atoms with Crippen LogP contribution in [0.1, 0.15) is 10.4 Å². The van der Waals surface area contributed by atoms with E-state index < -0.39 is 0 Å². The quantitative estimate of drug-likeness (QED) is 0.834. The monoisotopic (exact) mass is 358 g/mol. The molecule has 0 aliphatic carbocycles. The second-order valence-corrected chi connectivity index (χ2v) is 4.89. The van der Waals surface area contributed by atoms with E-state index in [2.05, 4.69) is 32.9 Å². The van der Waals surface area contributed by atoms with Crippen LogP contribution in [0.5, 0.6) is 0 Å². The number of anilines is 1. The van der Waals surface area contributed by atoms with Gasteiger partial charge < -0.3 is 5.32 Å². The van der Waals surface area contributed by atoms with E-state index in [-0.39, 0.29) is 5.91 Å². The van der Waals surface area contributed by atoms with Crippen molar-refractivity contribution < 1.29 is 4.79 Å². The van der Waals surface area contributed by atoms with Gasteiger partial charge in [-0.2, -0.15) is 0 Å². The molecular formula is C12H8ClIN2O. The SMILES string of the molecule is O=C(Nc1cccnc1)c1ccc(Cl)c(I)c1. The van der Waals surface area contributed by atoms with Gasteiger partial charge in [-0.3, -0.25) is 9.78 Å². The number of halogens is 2. The fourth-order valence-corrected chi connectivity index (χ4v) is 1.91. The van der Waals surface area contributed by atoms with Gasteiger partial charge in [0.1, 0.15) is 0 Å². The first-order valence-corrected chi connectivity index (χ1v) is 6.29.